The van der Waals surface area contributed by atoms with Crippen LogP contribution in [0.4, 0.5) is 0 Å². The maximum Gasteiger partial charge on any atom is 0.264 e. The van der Waals surface area contributed by atoms with Gasteiger partial charge in [-0.2, -0.15) is 9.78 Å². The second kappa shape index (κ2) is 2.73. The maximum absolute atomic E-state index is 11.3. The van der Waals surface area contributed by atoms with E-state index >= 15 is 0 Å². The van der Waals surface area contributed by atoms with Gasteiger partial charge in [-0.3, -0.25) is 4.79 Å². The van der Waals surface area contributed by atoms with E-state index in [9.17, 15) is 4.79 Å². The number of aromatic nitrogens is 3. The molecule has 0 aliphatic heterocycles. The molecule has 0 radical (unpaired) electrons. The van der Waals surface area contributed by atoms with Crippen molar-refractivity contribution in [1.82, 2.24) is 14.8 Å². The van der Waals surface area contributed by atoms with Gasteiger partial charge in [0.25, 0.3) is 5.91 Å². The Morgan fingerprint density at radius 2 is 2.27 bits per heavy atom. The summed E-state index contributed by atoms with van der Waals surface area (Å²) in [4.78, 5) is 15.0. The largest absolute Gasteiger partial charge is 0.271 e. The molecule has 0 atom stereocenters. The smallest absolute Gasteiger partial charge is 0.264 e. The molecule has 0 N–H and O–H groups in total. The monoisotopic (exact) mass is 217 g/mol. The number of nitrogens with zero attached hydrogens (tertiary/aromatic N) is 3. The Bertz CT molecular complexity index is 249. The first-order valence-electron chi connectivity index (χ1n) is 3.10. The van der Waals surface area contributed by atoms with E-state index in [4.69, 9.17) is 0 Å². The first-order valence-corrected chi connectivity index (χ1v) is 3.89. The lowest BCUT2D eigenvalue weighted by Gasteiger charge is -2.12. The van der Waals surface area contributed by atoms with Crippen molar-refractivity contribution in [2.45, 2.75) is 18.2 Å². The van der Waals surface area contributed by atoms with Gasteiger partial charge in [0, 0.05) is 0 Å². The average molecular weight is 218 g/mol. The van der Waals surface area contributed by atoms with Gasteiger partial charge in [0.15, 0.2) is 0 Å². The van der Waals surface area contributed by atoms with Crippen molar-refractivity contribution in [1.29, 1.82) is 0 Å². The lowest BCUT2D eigenvalue weighted by atomic mass is 10.2. The van der Waals surface area contributed by atoms with Crippen molar-refractivity contribution in [3.8, 4) is 0 Å². The van der Waals surface area contributed by atoms with Gasteiger partial charge in [0.05, 0.1) is 0 Å². The summed E-state index contributed by atoms with van der Waals surface area (Å²) in [5, 5.41) is 3.71. The lowest BCUT2D eigenvalue weighted by Crippen LogP contribution is -2.30. The van der Waals surface area contributed by atoms with E-state index in [1.54, 1.807) is 13.8 Å². The van der Waals surface area contributed by atoms with E-state index in [2.05, 4.69) is 26.0 Å². The molecular weight excluding hydrogens is 210 g/mol. The minimum Gasteiger partial charge on any atom is -0.271 e. The number of carbonyl (C=O) groups is 1. The number of halogens is 1. The van der Waals surface area contributed by atoms with Crippen molar-refractivity contribution in [3.63, 3.8) is 0 Å². The van der Waals surface area contributed by atoms with Gasteiger partial charge in [-0.05, 0) is 13.8 Å². The Morgan fingerprint density at radius 3 is 2.64 bits per heavy atom. The highest BCUT2D eigenvalue weighted by Crippen LogP contribution is 2.17. The van der Waals surface area contributed by atoms with Crippen LogP contribution in [0.3, 0.4) is 0 Å². The number of hydrogen-bond donors (Lipinski definition) is 0. The SMILES string of the molecule is CC(C)(Br)C(=O)n1cncn1. The highest BCUT2D eigenvalue weighted by molar-refractivity contribution is 9.10. The Hall–Kier alpha value is -0.710. The molecular formula is C6H8BrN3O. The number of hydrogen-bond acceptors (Lipinski definition) is 3. The predicted octanol–water partition coefficient (Wildman–Crippen LogP) is 1.09. The van der Waals surface area contributed by atoms with Gasteiger partial charge in [0.1, 0.15) is 17.0 Å². The highest BCUT2D eigenvalue weighted by Gasteiger charge is 2.25. The summed E-state index contributed by atoms with van der Waals surface area (Å²) in [6.45, 7) is 3.52. The zero-order chi connectivity index (χ0) is 8.48. The lowest BCUT2D eigenvalue weighted by molar-refractivity contribution is 0.0862. The standard InChI is InChI=1S/C6H8BrN3O/c1-6(2,7)5(11)10-4-8-3-9-10/h3-4H,1-2H3. The van der Waals surface area contributed by atoms with Crippen LogP contribution in [0.5, 0.6) is 0 Å². The molecule has 5 heteroatoms. The van der Waals surface area contributed by atoms with E-state index in [0.29, 0.717) is 0 Å². The summed E-state index contributed by atoms with van der Waals surface area (Å²) < 4.78 is 0.620. The summed E-state index contributed by atoms with van der Waals surface area (Å²) in [7, 11) is 0. The molecule has 4 nitrogen and oxygen atoms in total. The van der Waals surface area contributed by atoms with Crippen LogP contribution in [-0.4, -0.2) is 25.0 Å². The third kappa shape index (κ3) is 1.86. The first kappa shape index (κ1) is 8.39. The second-order valence-electron chi connectivity index (χ2n) is 2.62. The van der Waals surface area contributed by atoms with Gasteiger partial charge < -0.3 is 0 Å². The second-order valence-corrected chi connectivity index (χ2v) is 4.60. The van der Waals surface area contributed by atoms with Crippen LogP contribution in [-0.2, 0) is 0 Å². The van der Waals surface area contributed by atoms with Crippen molar-refractivity contribution < 1.29 is 4.79 Å². The molecule has 0 fully saturated rings. The summed E-state index contributed by atoms with van der Waals surface area (Å²) in [6, 6.07) is 0. The minimum absolute atomic E-state index is 0.130. The van der Waals surface area contributed by atoms with E-state index in [-0.39, 0.29) is 5.91 Å². The van der Waals surface area contributed by atoms with Crippen molar-refractivity contribution >= 4 is 21.8 Å². The van der Waals surface area contributed by atoms with Crippen LogP contribution >= 0.6 is 15.9 Å². The van der Waals surface area contributed by atoms with Crippen LogP contribution in [0.15, 0.2) is 12.7 Å². The number of alkyl halides is 1. The molecule has 0 amide bonds. The first-order chi connectivity index (χ1) is 5.02. The van der Waals surface area contributed by atoms with Crippen molar-refractivity contribution in [3.05, 3.63) is 12.7 Å². The molecule has 0 saturated heterocycles. The van der Waals surface area contributed by atoms with Gasteiger partial charge >= 0.3 is 0 Å². The van der Waals surface area contributed by atoms with Crippen LogP contribution in [0.1, 0.15) is 18.6 Å². The van der Waals surface area contributed by atoms with Gasteiger partial charge in [-0.15, -0.1) is 0 Å². The van der Waals surface area contributed by atoms with Gasteiger partial charge in [-0.1, -0.05) is 15.9 Å². The summed E-state index contributed by atoms with van der Waals surface area (Å²) in [5.74, 6) is -0.130. The van der Waals surface area contributed by atoms with E-state index in [1.165, 1.54) is 17.3 Å². The zero-order valence-corrected chi connectivity index (χ0v) is 7.87. The molecule has 0 aromatic carbocycles. The molecule has 60 valence electrons. The van der Waals surface area contributed by atoms with E-state index in [1.807, 2.05) is 0 Å². The molecule has 0 aliphatic rings. The quantitative estimate of drug-likeness (QED) is 0.663. The van der Waals surface area contributed by atoms with Crippen LogP contribution in [0.25, 0.3) is 0 Å². The van der Waals surface area contributed by atoms with Crippen molar-refractivity contribution in [2.24, 2.45) is 0 Å². The normalized spacial score (nSPS) is 11.5. The number of rotatable bonds is 1. The Kier molecular flexibility index (Phi) is 2.08. The Morgan fingerprint density at radius 1 is 1.64 bits per heavy atom. The zero-order valence-electron chi connectivity index (χ0n) is 6.28. The van der Waals surface area contributed by atoms with Crippen molar-refractivity contribution in [2.75, 3.05) is 0 Å². The molecule has 1 heterocycles. The Balaban J connectivity index is 2.88. The molecule has 0 spiro atoms. The molecule has 1 aromatic heterocycles. The van der Waals surface area contributed by atoms with Gasteiger partial charge in [-0.25, -0.2) is 4.98 Å². The fraction of sp³-hybridized carbons (Fsp3) is 0.500. The van der Waals surface area contributed by atoms with Crippen LogP contribution < -0.4 is 0 Å². The van der Waals surface area contributed by atoms with Crippen LogP contribution in [0.2, 0.25) is 0 Å². The third-order valence-electron chi connectivity index (χ3n) is 1.14. The molecule has 0 saturated carbocycles. The van der Waals surface area contributed by atoms with E-state index < -0.39 is 4.32 Å². The topological polar surface area (TPSA) is 47.8 Å². The molecule has 1 rings (SSSR count). The highest BCUT2D eigenvalue weighted by atomic mass is 79.9. The van der Waals surface area contributed by atoms with Crippen LogP contribution in [0, 0.1) is 0 Å². The molecule has 1 aromatic rings. The maximum atomic E-state index is 11.3. The average Bonchev–Trinajstić information content (AvgIpc) is 2.34. The fourth-order valence-corrected chi connectivity index (χ4v) is 0.767. The molecule has 0 aliphatic carbocycles. The van der Waals surface area contributed by atoms with Gasteiger partial charge in [0.2, 0.25) is 0 Å². The molecule has 0 bridgehead atoms. The molecule has 11 heavy (non-hydrogen) atoms. The predicted molar refractivity (Wildman–Crippen MR) is 43.7 cm³/mol. The van der Waals surface area contributed by atoms with E-state index in [0.717, 1.165) is 0 Å². The minimum atomic E-state index is -0.583. The summed E-state index contributed by atoms with van der Waals surface area (Å²) in [6.07, 6.45) is 2.71. The third-order valence-corrected chi connectivity index (χ3v) is 1.47. The number of carbonyl (C=O) groups excluding carboxylic acids is 1. The molecule has 0 unspecified atom stereocenters. The Labute approximate surface area is 72.7 Å². The summed E-state index contributed by atoms with van der Waals surface area (Å²) >= 11 is 3.23. The summed E-state index contributed by atoms with van der Waals surface area (Å²) in [5.41, 5.74) is 0. The fourth-order valence-electron chi connectivity index (χ4n) is 0.585.